The molecule has 2 atom stereocenters. The summed E-state index contributed by atoms with van der Waals surface area (Å²) in [5.41, 5.74) is 15.0. The fraction of sp³-hybridized carbons (Fsp3) is 0.281. The molecule has 15 heteroatoms. The number of rotatable bonds is 9. The molecule has 4 aromatic rings. The maximum atomic E-state index is 14.2. The van der Waals surface area contributed by atoms with Crippen molar-refractivity contribution in [1.29, 1.82) is 5.26 Å². The SMILES string of the molecule is COc1ccc(CNC(=O)N(CC#N)N2CC(=O)N3[C@@H](Cc4ccc(O)c(N)c4)C(=O)N(Cc4cccc5sc(N)nc45)C[C@@H]32)cc1. The zero-order valence-electron chi connectivity index (χ0n) is 25.5. The molecule has 2 fully saturated rings. The van der Waals surface area contributed by atoms with Crippen LogP contribution in [0.2, 0.25) is 0 Å². The van der Waals surface area contributed by atoms with Crippen LogP contribution in [0.1, 0.15) is 16.7 Å². The Bertz CT molecular complexity index is 1880. The minimum absolute atomic E-state index is 0.0719. The molecule has 3 heterocycles. The van der Waals surface area contributed by atoms with Crippen molar-refractivity contribution in [3.8, 4) is 17.6 Å². The van der Waals surface area contributed by atoms with E-state index in [1.165, 1.54) is 27.3 Å². The Morgan fingerprint density at radius 2 is 1.94 bits per heavy atom. The Labute approximate surface area is 274 Å². The topological polar surface area (TPSA) is 194 Å². The quantitative estimate of drug-likeness (QED) is 0.118. The number of aromatic nitrogens is 1. The number of nitrogen functional groups attached to an aromatic ring is 2. The second-order valence-electron chi connectivity index (χ2n) is 11.2. The molecule has 1 aromatic heterocycles. The lowest BCUT2D eigenvalue weighted by molar-refractivity contribution is -0.157. The molecule has 0 bridgehead atoms. The Morgan fingerprint density at radius 3 is 2.66 bits per heavy atom. The number of anilines is 2. The summed E-state index contributed by atoms with van der Waals surface area (Å²) >= 11 is 1.35. The summed E-state index contributed by atoms with van der Waals surface area (Å²) in [6.07, 6.45) is -0.634. The number of methoxy groups -OCH3 is 1. The molecule has 6 rings (SSSR count). The van der Waals surface area contributed by atoms with E-state index in [1.807, 2.05) is 36.4 Å². The zero-order chi connectivity index (χ0) is 33.2. The maximum Gasteiger partial charge on any atom is 0.333 e. The van der Waals surface area contributed by atoms with Gasteiger partial charge >= 0.3 is 6.03 Å². The summed E-state index contributed by atoms with van der Waals surface area (Å²) in [6, 6.07) is 18.0. The fourth-order valence-corrected chi connectivity index (χ4v) is 6.84. The average Bonchev–Trinajstić information content (AvgIpc) is 3.61. The lowest BCUT2D eigenvalue weighted by Gasteiger charge is -2.46. The number of piperazine rings is 1. The number of ether oxygens (including phenoxy) is 1. The number of hydrogen-bond donors (Lipinski definition) is 4. The van der Waals surface area contributed by atoms with Crippen molar-refractivity contribution in [2.24, 2.45) is 0 Å². The van der Waals surface area contributed by atoms with Gasteiger partial charge in [0.05, 0.1) is 42.2 Å². The van der Waals surface area contributed by atoms with Gasteiger partial charge in [-0.2, -0.15) is 10.3 Å². The molecule has 0 aliphatic carbocycles. The molecule has 3 aromatic carbocycles. The van der Waals surface area contributed by atoms with Crippen LogP contribution in [0.3, 0.4) is 0 Å². The third-order valence-electron chi connectivity index (χ3n) is 8.34. The predicted octanol–water partition coefficient (Wildman–Crippen LogP) is 2.25. The number of nitrogens with one attached hydrogen (secondary N) is 1. The van der Waals surface area contributed by atoms with E-state index in [2.05, 4.69) is 10.3 Å². The molecule has 0 unspecified atom stereocenters. The van der Waals surface area contributed by atoms with Gasteiger partial charge in [0.2, 0.25) is 11.8 Å². The lowest BCUT2D eigenvalue weighted by Crippen LogP contribution is -2.66. The number of thiazole rings is 1. The number of phenols is 1. The van der Waals surface area contributed by atoms with Gasteiger partial charge < -0.3 is 36.4 Å². The van der Waals surface area contributed by atoms with Crippen molar-refractivity contribution in [3.05, 3.63) is 77.4 Å². The van der Waals surface area contributed by atoms with Crippen LogP contribution < -0.4 is 21.5 Å². The zero-order valence-corrected chi connectivity index (χ0v) is 26.3. The highest BCUT2D eigenvalue weighted by atomic mass is 32.1. The first kappa shape index (κ1) is 31.4. The summed E-state index contributed by atoms with van der Waals surface area (Å²) < 4.78 is 6.08. The molecule has 2 saturated heterocycles. The standard InChI is InChI=1S/C32H33N9O5S/c1-46-22-8-5-19(6-9-22)15-36-32(45)39(12-11-33)40-18-28(43)41-24(14-20-7-10-25(42)23(34)13-20)30(44)38(17-27(40)41)16-21-3-2-4-26-29(21)37-31(35)47-26/h2-10,13,24,27,42H,12,14-18,34H2,1H3,(H2,35,37)(H,36,45)/t24-,27+/m0/s1. The Morgan fingerprint density at radius 1 is 1.17 bits per heavy atom. The summed E-state index contributed by atoms with van der Waals surface area (Å²) in [5.74, 6) is -0.0635. The number of nitrogens with two attached hydrogens (primary N) is 2. The van der Waals surface area contributed by atoms with Crippen molar-refractivity contribution in [2.75, 3.05) is 38.2 Å². The second kappa shape index (κ2) is 13.0. The van der Waals surface area contributed by atoms with E-state index in [9.17, 15) is 24.8 Å². The number of nitriles is 1. The van der Waals surface area contributed by atoms with Gasteiger partial charge in [-0.25, -0.2) is 14.8 Å². The molecule has 0 saturated carbocycles. The van der Waals surface area contributed by atoms with E-state index in [1.54, 1.807) is 41.3 Å². The number of carbonyl (C=O) groups excluding carboxylic acids is 3. The van der Waals surface area contributed by atoms with Crippen molar-refractivity contribution in [2.45, 2.75) is 31.7 Å². The summed E-state index contributed by atoms with van der Waals surface area (Å²) in [4.78, 5) is 49.0. The van der Waals surface area contributed by atoms with E-state index in [0.29, 0.717) is 22.0 Å². The van der Waals surface area contributed by atoms with Crippen molar-refractivity contribution < 1.29 is 24.2 Å². The van der Waals surface area contributed by atoms with Gasteiger partial charge in [-0.15, -0.1) is 0 Å². The number of urea groups is 1. The maximum absolute atomic E-state index is 14.2. The van der Waals surface area contributed by atoms with E-state index < -0.39 is 18.2 Å². The first-order valence-electron chi connectivity index (χ1n) is 14.8. The second-order valence-corrected chi connectivity index (χ2v) is 12.3. The van der Waals surface area contributed by atoms with Crippen LogP contribution in [-0.2, 0) is 29.1 Å². The minimum atomic E-state index is -0.943. The molecule has 47 heavy (non-hydrogen) atoms. The fourth-order valence-electron chi connectivity index (χ4n) is 6.06. The number of carbonyl (C=O) groups is 3. The summed E-state index contributed by atoms with van der Waals surface area (Å²) in [5, 5.41) is 25.7. The lowest BCUT2D eigenvalue weighted by atomic mass is 9.99. The number of aromatic hydroxyl groups is 1. The largest absolute Gasteiger partial charge is 0.506 e. The van der Waals surface area contributed by atoms with Gasteiger partial charge in [-0.1, -0.05) is 41.7 Å². The molecule has 6 N–H and O–H groups in total. The minimum Gasteiger partial charge on any atom is -0.506 e. The van der Waals surface area contributed by atoms with Crippen LogP contribution in [0, 0.1) is 11.3 Å². The van der Waals surface area contributed by atoms with Crippen molar-refractivity contribution >= 4 is 50.2 Å². The normalized spacial score (nSPS) is 17.9. The van der Waals surface area contributed by atoms with Gasteiger partial charge in [-0.05, 0) is 47.0 Å². The van der Waals surface area contributed by atoms with Crippen molar-refractivity contribution in [1.82, 2.24) is 30.1 Å². The van der Waals surface area contributed by atoms with Crippen LogP contribution in [-0.4, -0.2) is 86.7 Å². The van der Waals surface area contributed by atoms with Gasteiger partial charge in [0.25, 0.3) is 0 Å². The van der Waals surface area contributed by atoms with E-state index in [0.717, 1.165) is 15.8 Å². The highest BCUT2D eigenvalue weighted by Gasteiger charge is 2.52. The molecule has 4 amide bonds. The van der Waals surface area contributed by atoms with Crippen LogP contribution in [0.15, 0.2) is 60.7 Å². The molecular formula is C32H33N9O5S. The number of hydrogen-bond acceptors (Lipinski definition) is 11. The van der Waals surface area contributed by atoms with Gasteiger partial charge in [0.15, 0.2) is 5.13 Å². The van der Waals surface area contributed by atoms with Crippen LogP contribution in [0.5, 0.6) is 11.5 Å². The van der Waals surface area contributed by atoms with Gasteiger partial charge in [0.1, 0.15) is 30.3 Å². The number of para-hydroxylation sites is 1. The molecule has 2 aliphatic rings. The summed E-state index contributed by atoms with van der Waals surface area (Å²) in [6.45, 7) is -0.103. The third kappa shape index (κ3) is 6.28. The smallest absolute Gasteiger partial charge is 0.333 e. The van der Waals surface area contributed by atoms with E-state index in [4.69, 9.17) is 16.2 Å². The van der Waals surface area contributed by atoms with E-state index >= 15 is 0 Å². The third-order valence-corrected chi connectivity index (χ3v) is 9.19. The van der Waals surface area contributed by atoms with Gasteiger partial charge in [-0.3, -0.25) is 9.59 Å². The molecule has 2 aliphatic heterocycles. The molecule has 0 radical (unpaired) electrons. The number of hydrazine groups is 1. The number of benzene rings is 3. The monoisotopic (exact) mass is 655 g/mol. The van der Waals surface area contributed by atoms with Crippen LogP contribution in [0.4, 0.5) is 15.6 Å². The highest BCUT2D eigenvalue weighted by Crippen LogP contribution is 2.33. The van der Waals surface area contributed by atoms with Gasteiger partial charge in [0, 0.05) is 19.5 Å². The number of phenolic OH excluding ortho intramolecular Hbond substituents is 1. The molecule has 0 spiro atoms. The molecule has 242 valence electrons. The van der Waals surface area contributed by atoms with Crippen LogP contribution >= 0.6 is 11.3 Å². The molecule has 14 nitrogen and oxygen atoms in total. The Kier molecular flexibility index (Phi) is 8.70. The first-order valence-corrected chi connectivity index (χ1v) is 15.6. The first-order chi connectivity index (χ1) is 22.7. The van der Waals surface area contributed by atoms with Crippen LogP contribution in [0.25, 0.3) is 10.2 Å². The highest BCUT2D eigenvalue weighted by molar-refractivity contribution is 7.22. The Hall–Kier alpha value is -5.59. The van der Waals surface area contributed by atoms with E-state index in [-0.39, 0.29) is 62.4 Å². The Balaban J connectivity index is 1.31. The number of amides is 4. The molecular weight excluding hydrogens is 622 g/mol. The average molecular weight is 656 g/mol. The number of nitrogens with zero attached hydrogens (tertiary/aromatic N) is 6. The van der Waals surface area contributed by atoms with Crippen molar-refractivity contribution in [3.63, 3.8) is 0 Å². The predicted molar refractivity (Wildman–Crippen MR) is 174 cm³/mol. The summed E-state index contributed by atoms with van der Waals surface area (Å²) in [7, 11) is 1.57. The number of fused-ring (bicyclic) bond motifs is 2.